The smallest absolute Gasteiger partial charge is 0.245 e. The van der Waals surface area contributed by atoms with Crippen LogP contribution >= 0.6 is 0 Å². The Morgan fingerprint density at radius 2 is 1.61 bits per heavy atom. The van der Waals surface area contributed by atoms with Gasteiger partial charge in [-0.1, -0.05) is 12.8 Å². The lowest BCUT2D eigenvalue weighted by atomic mass is 10.0. The molecule has 0 aromatic heterocycles. The summed E-state index contributed by atoms with van der Waals surface area (Å²) >= 11 is 0. The van der Waals surface area contributed by atoms with E-state index in [2.05, 4.69) is 16.0 Å². The minimum Gasteiger partial charge on any atom is -0.365 e. The molecule has 3 saturated heterocycles. The number of epoxide rings is 1. The van der Waals surface area contributed by atoms with Gasteiger partial charge in [-0.05, 0) is 39.5 Å². The van der Waals surface area contributed by atoms with Crippen LogP contribution in [0, 0.1) is 0 Å². The zero-order valence-corrected chi connectivity index (χ0v) is 18.1. The molecule has 0 aromatic rings. The fourth-order valence-corrected chi connectivity index (χ4v) is 4.06. The summed E-state index contributed by atoms with van der Waals surface area (Å²) in [6, 6.07) is -3.07. The van der Waals surface area contributed by atoms with E-state index in [0.717, 1.165) is 6.42 Å². The van der Waals surface area contributed by atoms with Crippen LogP contribution in [0.3, 0.4) is 0 Å². The molecule has 0 radical (unpaired) electrons. The largest absolute Gasteiger partial charge is 0.365 e. The third-order valence-corrected chi connectivity index (χ3v) is 6.07. The van der Waals surface area contributed by atoms with Crippen molar-refractivity contribution in [2.45, 2.75) is 89.1 Å². The number of hydrogen-bond acceptors (Lipinski definition) is 6. The first-order chi connectivity index (χ1) is 14.8. The Balaban J connectivity index is 1.65. The number of ketones is 1. The summed E-state index contributed by atoms with van der Waals surface area (Å²) in [6.07, 6.45) is 3.92. The highest BCUT2D eigenvalue weighted by molar-refractivity contribution is 5.97. The fourth-order valence-electron chi connectivity index (χ4n) is 4.06. The molecule has 3 N–H and O–H groups in total. The van der Waals surface area contributed by atoms with Gasteiger partial charge in [-0.15, -0.1) is 0 Å². The van der Waals surface area contributed by atoms with Gasteiger partial charge in [0.1, 0.15) is 30.3 Å². The molecule has 3 aliphatic heterocycles. The van der Waals surface area contributed by atoms with Crippen LogP contribution in [0.5, 0.6) is 0 Å². The number of fused-ring (bicyclic) bond motifs is 1. The summed E-state index contributed by atoms with van der Waals surface area (Å²) in [5, 5.41) is 8.00. The molecule has 0 aliphatic carbocycles. The van der Waals surface area contributed by atoms with Crippen molar-refractivity contribution < 1.29 is 28.7 Å². The van der Waals surface area contributed by atoms with Gasteiger partial charge in [0.05, 0.1) is 6.61 Å². The van der Waals surface area contributed by atoms with E-state index in [1.165, 1.54) is 4.90 Å². The van der Waals surface area contributed by atoms with E-state index in [1.807, 2.05) is 0 Å². The lowest BCUT2D eigenvalue weighted by molar-refractivity contribution is -0.143. The van der Waals surface area contributed by atoms with Crippen molar-refractivity contribution in [3.8, 4) is 0 Å². The molecule has 0 unspecified atom stereocenters. The van der Waals surface area contributed by atoms with Gasteiger partial charge in [0.2, 0.25) is 23.6 Å². The van der Waals surface area contributed by atoms with Gasteiger partial charge in [-0.25, -0.2) is 0 Å². The number of carbonyl (C=O) groups is 5. The van der Waals surface area contributed by atoms with Gasteiger partial charge < -0.3 is 25.6 Å². The van der Waals surface area contributed by atoms with Crippen molar-refractivity contribution in [2.24, 2.45) is 0 Å². The molecule has 4 amide bonds. The van der Waals surface area contributed by atoms with Crippen LogP contribution in [-0.4, -0.2) is 77.7 Å². The topological polar surface area (TPSA) is 137 Å². The summed E-state index contributed by atoms with van der Waals surface area (Å²) in [6.45, 7) is 4.04. The summed E-state index contributed by atoms with van der Waals surface area (Å²) in [4.78, 5) is 64.0. The normalized spacial score (nSPS) is 31.7. The van der Waals surface area contributed by atoms with Crippen molar-refractivity contribution in [3.05, 3.63) is 0 Å². The summed E-state index contributed by atoms with van der Waals surface area (Å²) < 4.78 is 4.98. The zero-order valence-electron chi connectivity index (χ0n) is 18.1. The molecule has 10 nitrogen and oxygen atoms in total. The Kier molecular flexibility index (Phi) is 7.64. The van der Waals surface area contributed by atoms with E-state index >= 15 is 0 Å². The van der Waals surface area contributed by atoms with E-state index < -0.39 is 36.0 Å². The van der Waals surface area contributed by atoms with E-state index in [1.54, 1.807) is 13.8 Å². The van der Waals surface area contributed by atoms with Crippen LogP contribution < -0.4 is 16.0 Å². The molecule has 0 spiro atoms. The zero-order chi connectivity index (χ0) is 22.5. The molecular weight excluding hydrogens is 404 g/mol. The predicted octanol–water partition coefficient (Wildman–Crippen LogP) is -0.596. The van der Waals surface area contributed by atoms with Gasteiger partial charge in [0.15, 0.2) is 5.78 Å². The highest BCUT2D eigenvalue weighted by atomic mass is 16.6. The quantitative estimate of drug-likeness (QED) is 0.360. The maximum atomic E-state index is 13.2. The van der Waals surface area contributed by atoms with Gasteiger partial charge in [0, 0.05) is 13.0 Å². The van der Waals surface area contributed by atoms with Crippen LogP contribution in [-0.2, 0) is 28.7 Å². The SMILES string of the molecule is C[C@@H]1NC(=O)[C@H](C)NC(=O)[C@@H]2CCCN2C(=O)[C@H](CCCCCC(=O)[C@@H]2CO2)NC1=O. The van der Waals surface area contributed by atoms with Gasteiger partial charge in [-0.3, -0.25) is 24.0 Å². The second-order valence-electron chi connectivity index (χ2n) is 8.60. The molecule has 3 fully saturated rings. The third kappa shape index (κ3) is 6.03. The van der Waals surface area contributed by atoms with E-state index in [-0.39, 0.29) is 23.7 Å². The minimum atomic E-state index is -0.841. The summed E-state index contributed by atoms with van der Waals surface area (Å²) in [5.74, 6) is -1.41. The minimum absolute atomic E-state index is 0.111. The van der Waals surface area contributed by atoms with Crippen molar-refractivity contribution in [2.75, 3.05) is 13.2 Å². The van der Waals surface area contributed by atoms with Gasteiger partial charge >= 0.3 is 0 Å². The maximum Gasteiger partial charge on any atom is 0.245 e. The molecule has 0 aromatic carbocycles. The lowest BCUT2D eigenvalue weighted by Crippen LogP contribution is -2.60. The van der Waals surface area contributed by atoms with Crippen molar-refractivity contribution in [3.63, 3.8) is 0 Å². The number of rotatable bonds is 7. The van der Waals surface area contributed by atoms with E-state index in [0.29, 0.717) is 51.7 Å². The Morgan fingerprint density at radius 3 is 2.29 bits per heavy atom. The van der Waals surface area contributed by atoms with E-state index in [4.69, 9.17) is 4.74 Å². The summed E-state index contributed by atoms with van der Waals surface area (Å²) in [5.41, 5.74) is 0. The van der Waals surface area contributed by atoms with Gasteiger partial charge in [0.25, 0.3) is 0 Å². The Labute approximate surface area is 181 Å². The van der Waals surface area contributed by atoms with Crippen molar-refractivity contribution in [1.82, 2.24) is 20.9 Å². The Bertz CT molecular complexity index is 737. The van der Waals surface area contributed by atoms with Crippen LogP contribution in [0.1, 0.15) is 58.8 Å². The Hall–Kier alpha value is -2.49. The number of Topliss-reactive ketones (excluding diaryl/α,β-unsaturated/α-hetero) is 1. The lowest BCUT2D eigenvalue weighted by Gasteiger charge is -2.31. The predicted molar refractivity (Wildman–Crippen MR) is 110 cm³/mol. The average Bonchev–Trinajstić information content (AvgIpc) is 3.47. The number of carbonyl (C=O) groups excluding carboxylic acids is 5. The molecule has 3 aliphatic rings. The molecule has 0 saturated carbocycles. The Morgan fingerprint density at radius 1 is 0.968 bits per heavy atom. The van der Waals surface area contributed by atoms with Crippen LogP contribution in [0.4, 0.5) is 0 Å². The second-order valence-corrected chi connectivity index (χ2v) is 8.60. The molecule has 3 heterocycles. The number of hydrogen-bond donors (Lipinski definition) is 3. The molecule has 0 bridgehead atoms. The van der Waals surface area contributed by atoms with Crippen LogP contribution in [0.2, 0.25) is 0 Å². The molecule has 3 rings (SSSR count). The average molecular weight is 437 g/mol. The molecule has 31 heavy (non-hydrogen) atoms. The molecular formula is C21H32N4O6. The van der Waals surface area contributed by atoms with Gasteiger partial charge in [-0.2, -0.15) is 0 Å². The molecule has 10 heteroatoms. The highest BCUT2D eigenvalue weighted by Crippen LogP contribution is 2.21. The first kappa shape index (κ1) is 23.2. The van der Waals surface area contributed by atoms with Crippen LogP contribution in [0.25, 0.3) is 0 Å². The third-order valence-electron chi connectivity index (χ3n) is 6.07. The summed E-state index contributed by atoms with van der Waals surface area (Å²) in [7, 11) is 0. The van der Waals surface area contributed by atoms with Crippen molar-refractivity contribution >= 4 is 29.4 Å². The number of nitrogens with one attached hydrogen (secondary N) is 3. The number of ether oxygens (including phenoxy) is 1. The van der Waals surface area contributed by atoms with Crippen LogP contribution in [0.15, 0.2) is 0 Å². The highest BCUT2D eigenvalue weighted by Gasteiger charge is 2.39. The monoisotopic (exact) mass is 436 g/mol. The number of amides is 4. The molecule has 172 valence electrons. The number of nitrogens with zero attached hydrogens (tertiary/aromatic N) is 1. The number of unbranched alkanes of at least 4 members (excludes halogenated alkanes) is 2. The van der Waals surface area contributed by atoms with E-state index in [9.17, 15) is 24.0 Å². The first-order valence-corrected chi connectivity index (χ1v) is 11.1. The van der Waals surface area contributed by atoms with Crippen molar-refractivity contribution in [1.29, 1.82) is 0 Å². The maximum absolute atomic E-state index is 13.2. The fraction of sp³-hybridized carbons (Fsp3) is 0.762. The molecule has 5 atom stereocenters. The standard InChI is InChI=1S/C21H32N4O6/c1-12-18(27)22-13(2)19(28)24-14(7-4-3-5-9-16(26)17-11-31-17)21(30)25-10-6-8-15(25)20(29)23-12/h12-15,17H,3-11H2,1-2H3,(H,22,27)(H,23,29)(H,24,28)/t12-,13-,14-,15-,17-/m0/s1. The second kappa shape index (κ2) is 10.2. The first-order valence-electron chi connectivity index (χ1n) is 11.1.